The Morgan fingerprint density at radius 3 is 2.89 bits per heavy atom. The Kier molecular flexibility index (Phi) is 2.20. The lowest BCUT2D eigenvalue weighted by Gasteiger charge is -2.35. The summed E-state index contributed by atoms with van der Waals surface area (Å²) in [6.07, 6.45) is 3.07. The van der Waals surface area contributed by atoms with Gasteiger partial charge < -0.3 is 5.73 Å². The molecule has 0 saturated heterocycles. The number of nitrogens with zero attached hydrogens (tertiary/aromatic N) is 4. The molecule has 18 heavy (non-hydrogen) atoms. The number of amides is 1. The van der Waals surface area contributed by atoms with Gasteiger partial charge in [-0.05, 0) is 12.1 Å². The molecule has 1 aliphatic heterocycles. The van der Waals surface area contributed by atoms with Crippen LogP contribution in [-0.4, -0.2) is 27.6 Å². The number of nitrogens with two attached hydrogens (primary N) is 1. The summed E-state index contributed by atoms with van der Waals surface area (Å²) in [5.41, 5.74) is 10.3. The van der Waals surface area contributed by atoms with Gasteiger partial charge in [-0.25, -0.2) is 24.4 Å². The van der Waals surface area contributed by atoms with Crippen molar-refractivity contribution in [3.8, 4) is 0 Å². The summed E-state index contributed by atoms with van der Waals surface area (Å²) in [5, 5.41) is 3.07. The van der Waals surface area contributed by atoms with E-state index in [0.29, 0.717) is 11.5 Å². The van der Waals surface area contributed by atoms with Crippen LogP contribution in [0.25, 0.3) is 0 Å². The van der Waals surface area contributed by atoms with Gasteiger partial charge in [-0.3, -0.25) is 0 Å². The number of anilines is 3. The summed E-state index contributed by atoms with van der Waals surface area (Å²) in [6.45, 7) is 0. The minimum atomic E-state index is -0.201. The molecule has 0 unspecified atom stereocenters. The number of carbonyl (C=O) groups is 1. The molecular weight excluding hydrogens is 232 g/mol. The number of rotatable bonds is 1. The summed E-state index contributed by atoms with van der Waals surface area (Å²) in [6, 6.07) is 7.20. The van der Waals surface area contributed by atoms with Crippen molar-refractivity contribution < 1.29 is 4.79 Å². The standard InChI is InChI=1S/C11H12N6O/c1-15-11(18)16-7-13-6-10(16)17(14-15)9-5-3-2-4-8(9)12/h2-7,14H,12H2,1H3. The number of nitrogens with one attached hydrogen (secondary N) is 1. The quantitative estimate of drug-likeness (QED) is 0.730. The second kappa shape index (κ2) is 3.74. The molecule has 3 rings (SSSR count). The highest BCUT2D eigenvalue weighted by Gasteiger charge is 2.28. The van der Waals surface area contributed by atoms with E-state index < -0.39 is 0 Å². The zero-order chi connectivity index (χ0) is 12.7. The molecule has 0 radical (unpaired) electrons. The van der Waals surface area contributed by atoms with Gasteiger partial charge in [-0.1, -0.05) is 12.1 Å². The van der Waals surface area contributed by atoms with Crippen LogP contribution >= 0.6 is 0 Å². The molecule has 3 N–H and O–H groups in total. The normalized spacial score (nSPS) is 14.8. The molecule has 0 saturated carbocycles. The van der Waals surface area contributed by atoms with Crippen molar-refractivity contribution in [2.24, 2.45) is 0 Å². The Bertz CT molecular complexity index is 607. The number of hydrogen-bond acceptors (Lipinski definition) is 5. The fraction of sp³-hybridized carbons (Fsp3) is 0.0909. The summed E-state index contributed by atoms with van der Waals surface area (Å²) < 4.78 is 1.45. The van der Waals surface area contributed by atoms with Gasteiger partial charge in [-0.15, -0.1) is 5.53 Å². The summed E-state index contributed by atoms with van der Waals surface area (Å²) in [7, 11) is 1.64. The molecule has 2 aromatic rings. The molecule has 7 heteroatoms. The summed E-state index contributed by atoms with van der Waals surface area (Å²) in [5.74, 6) is 0.621. The SMILES string of the molecule is CN1NN(c2ccccc2N)c2cncn2C1=O. The van der Waals surface area contributed by atoms with Crippen LogP contribution in [0.15, 0.2) is 36.8 Å². The number of hydrazine groups is 2. The minimum Gasteiger partial charge on any atom is -0.397 e. The summed E-state index contributed by atoms with van der Waals surface area (Å²) >= 11 is 0. The maximum absolute atomic E-state index is 11.9. The van der Waals surface area contributed by atoms with Crippen LogP contribution in [0.1, 0.15) is 0 Å². The molecule has 1 aromatic carbocycles. The number of aromatic nitrogens is 2. The first-order valence-electron chi connectivity index (χ1n) is 5.40. The van der Waals surface area contributed by atoms with Crippen molar-refractivity contribution in [2.45, 2.75) is 0 Å². The Morgan fingerprint density at radius 1 is 1.33 bits per heavy atom. The fourth-order valence-electron chi connectivity index (χ4n) is 1.87. The third kappa shape index (κ3) is 1.41. The van der Waals surface area contributed by atoms with Crippen molar-refractivity contribution in [3.63, 3.8) is 0 Å². The second-order valence-corrected chi connectivity index (χ2v) is 3.96. The van der Waals surface area contributed by atoms with Crippen molar-refractivity contribution in [3.05, 3.63) is 36.8 Å². The van der Waals surface area contributed by atoms with E-state index in [9.17, 15) is 4.79 Å². The zero-order valence-electron chi connectivity index (χ0n) is 9.74. The Morgan fingerprint density at radius 2 is 2.11 bits per heavy atom. The van der Waals surface area contributed by atoms with E-state index in [4.69, 9.17) is 5.73 Å². The molecule has 0 bridgehead atoms. The van der Waals surface area contributed by atoms with Crippen LogP contribution in [0, 0.1) is 0 Å². The number of fused-ring (bicyclic) bond motifs is 1. The molecular formula is C11H12N6O. The first-order valence-corrected chi connectivity index (χ1v) is 5.40. The lowest BCUT2D eigenvalue weighted by molar-refractivity contribution is 0.181. The van der Waals surface area contributed by atoms with Crippen LogP contribution in [0.2, 0.25) is 0 Å². The summed E-state index contributed by atoms with van der Waals surface area (Å²) in [4.78, 5) is 15.9. The van der Waals surface area contributed by atoms with Crippen molar-refractivity contribution in [1.29, 1.82) is 0 Å². The van der Waals surface area contributed by atoms with Crippen LogP contribution in [0.5, 0.6) is 0 Å². The largest absolute Gasteiger partial charge is 0.397 e. The van der Waals surface area contributed by atoms with Gasteiger partial charge in [0.2, 0.25) is 0 Å². The first kappa shape index (κ1) is 10.6. The maximum Gasteiger partial charge on any atom is 0.346 e. The highest BCUT2D eigenvalue weighted by atomic mass is 16.2. The molecule has 92 valence electrons. The van der Waals surface area contributed by atoms with Crippen LogP contribution in [0.4, 0.5) is 22.0 Å². The van der Waals surface area contributed by atoms with E-state index in [2.05, 4.69) is 10.5 Å². The molecule has 1 aromatic heterocycles. The van der Waals surface area contributed by atoms with E-state index in [1.165, 1.54) is 15.9 Å². The van der Waals surface area contributed by atoms with Gasteiger partial charge >= 0.3 is 6.03 Å². The number of hydrogen-bond donors (Lipinski definition) is 2. The Hall–Kier alpha value is -2.54. The molecule has 7 nitrogen and oxygen atoms in total. The number of para-hydroxylation sites is 2. The maximum atomic E-state index is 11.9. The lowest BCUT2D eigenvalue weighted by atomic mass is 10.2. The molecule has 0 aliphatic carbocycles. The third-order valence-electron chi connectivity index (χ3n) is 2.77. The van der Waals surface area contributed by atoms with E-state index in [1.807, 2.05) is 18.2 Å². The minimum absolute atomic E-state index is 0.201. The smallest absolute Gasteiger partial charge is 0.346 e. The van der Waals surface area contributed by atoms with Crippen molar-refractivity contribution in [2.75, 3.05) is 17.8 Å². The van der Waals surface area contributed by atoms with E-state index in [-0.39, 0.29) is 6.03 Å². The van der Waals surface area contributed by atoms with Crippen molar-refractivity contribution in [1.82, 2.24) is 20.1 Å². The highest BCUT2D eigenvalue weighted by molar-refractivity contribution is 5.85. The highest BCUT2D eigenvalue weighted by Crippen LogP contribution is 2.30. The average molecular weight is 244 g/mol. The Balaban J connectivity index is 2.13. The van der Waals surface area contributed by atoms with E-state index in [0.717, 1.165) is 5.69 Å². The monoisotopic (exact) mass is 244 g/mol. The lowest BCUT2D eigenvalue weighted by Crippen LogP contribution is -2.55. The van der Waals surface area contributed by atoms with Gasteiger partial charge in [0.25, 0.3) is 0 Å². The molecule has 1 amide bonds. The number of nitrogen functional groups attached to an aromatic ring is 1. The van der Waals surface area contributed by atoms with Crippen LogP contribution in [-0.2, 0) is 0 Å². The van der Waals surface area contributed by atoms with E-state index in [1.54, 1.807) is 24.3 Å². The third-order valence-corrected chi connectivity index (χ3v) is 2.77. The molecule has 0 fully saturated rings. The molecule has 0 spiro atoms. The van der Waals surface area contributed by atoms with Gasteiger partial charge in [0, 0.05) is 7.05 Å². The predicted octanol–water partition coefficient (Wildman–Crippen LogP) is 0.937. The number of imidazole rings is 1. The molecule has 0 atom stereocenters. The first-order chi connectivity index (χ1) is 8.68. The van der Waals surface area contributed by atoms with Gasteiger partial charge in [-0.2, -0.15) is 0 Å². The average Bonchev–Trinajstić information content (AvgIpc) is 2.84. The molecule has 1 aliphatic rings. The zero-order valence-corrected chi connectivity index (χ0v) is 9.74. The van der Waals surface area contributed by atoms with E-state index >= 15 is 0 Å². The van der Waals surface area contributed by atoms with Gasteiger partial charge in [0.1, 0.15) is 6.33 Å². The van der Waals surface area contributed by atoms with Gasteiger partial charge in [0.15, 0.2) is 5.82 Å². The predicted molar refractivity (Wildman–Crippen MR) is 66.9 cm³/mol. The van der Waals surface area contributed by atoms with Crippen LogP contribution < -0.4 is 16.3 Å². The molecule has 2 heterocycles. The van der Waals surface area contributed by atoms with Crippen LogP contribution in [0.3, 0.4) is 0 Å². The Labute approximate surface area is 103 Å². The number of benzene rings is 1. The van der Waals surface area contributed by atoms with Crippen molar-refractivity contribution >= 4 is 23.2 Å². The van der Waals surface area contributed by atoms with Gasteiger partial charge in [0.05, 0.1) is 17.6 Å². The fourth-order valence-corrected chi connectivity index (χ4v) is 1.87. The topological polar surface area (TPSA) is 79.4 Å². The number of carbonyl (C=O) groups excluding carboxylic acids is 1. The second-order valence-electron chi connectivity index (χ2n) is 3.96.